The van der Waals surface area contributed by atoms with E-state index in [4.69, 9.17) is 0 Å². The zero-order valence-electron chi connectivity index (χ0n) is 39.0. The molecule has 0 N–H and O–H groups in total. The Hall–Kier alpha value is -6.96. The predicted molar refractivity (Wildman–Crippen MR) is 238 cm³/mol. The number of hydrogen-bond donors (Lipinski definition) is 0. The standard InChI is InChI=1S/C55H41N/c1-55(2)53-27-9-8-23-51(53)52-26-13-25-50(54(52)55)41-30-34-46(35-31-41)56(47-21-11-20-44(37-47)49-24-12-17-40-16-6-7-22-48(40)49)45-32-28-39(29-33-45)43-19-10-18-42(36-43)38-14-4-3-5-15-38/h3-37H,1-2H3/i11D,20D,21D,28D,29D,32D,33D,37D. The van der Waals surface area contributed by atoms with Crippen LogP contribution in [-0.4, -0.2) is 0 Å². The molecule has 1 heteroatoms. The van der Waals surface area contributed by atoms with Gasteiger partial charge in [0.2, 0.25) is 0 Å². The van der Waals surface area contributed by atoms with Crippen LogP contribution in [0.5, 0.6) is 0 Å². The largest absolute Gasteiger partial charge is 0.310 e. The molecule has 1 nitrogen and oxygen atoms in total. The fraction of sp³-hybridized carbons (Fsp3) is 0.0545. The quantitative estimate of drug-likeness (QED) is 0.158. The highest BCUT2D eigenvalue weighted by atomic mass is 15.1. The maximum Gasteiger partial charge on any atom is 0.0651 e. The molecule has 0 bridgehead atoms. The van der Waals surface area contributed by atoms with Gasteiger partial charge in [-0.1, -0.05) is 184 Å². The molecule has 266 valence electrons. The lowest BCUT2D eigenvalue weighted by molar-refractivity contribution is 0.662. The monoisotopic (exact) mass is 723 g/mol. The van der Waals surface area contributed by atoms with Crippen LogP contribution in [0.3, 0.4) is 0 Å². The Kier molecular flexibility index (Phi) is 6.36. The van der Waals surface area contributed by atoms with Crippen LogP contribution < -0.4 is 4.90 Å². The minimum atomic E-state index is -0.444. The first-order valence-electron chi connectivity index (χ1n) is 22.9. The van der Waals surface area contributed by atoms with E-state index >= 15 is 0 Å². The summed E-state index contributed by atoms with van der Waals surface area (Å²) in [5.74, 6) is 0. The molecular formula is C55H41N. The van der Waals surface area contributed by atoms with Crippen LogP contribution in [0.15, 0.2) is 212 Å². The molecule has 0 aromatic heterocycles. The molecular weight excluding hydrogens is 675 g/mol. The van der Waals surface area contributed by atoms with Gasteiger partial charge in [0, 0.05) is 22.5 Å². The van der Waals surface area contributed by atoms with Gasteiger partial charge < -0.3 is 4.90 Å². The van der Waals surface area contributed by atoms with Crippen molar-refractivity contribution in [2.75, 3.05) is 4.90 Å². The molecule has 0 radical (unpaired) electrons. The molecule has 0 fully saturated rings. The molecule has 0 heterocycles. The fourth-order valence-corrected chi connectivity index (χ4v) is 8.32. The smallest absolute Gasteiger partial charge is 0.0651 e. The maximum atomic E-state index is 9.88. The van der Waals surface area contributed by atoms with Gasteiger partial charge in [-0.05, 0) is 120 Å². The highest BCUT2D eigenvalue weighted by Gasteiger charge is 2.37. The van der Waals surface area contributed by atoms with Crippen molar-refractivity contribution in [2.45, 2.75) is 19.3 Å². The van der Waals surface area contributed by atoms with Crippen molar-refractivity contribution in [1.29, 1.82) is 0 Å². The molecule has 56 heavy (non-hydrogen) atoms. The van der Waals surface area contributed by atoms with Crippen LogP contribution in [0, 0.1) is 0 Å². The van der Waals surface area contributed by atoms with Gasteiger partial charge in [0.25, 0.3) is 0 Å². The Morgan fingerprint density at radius 3 is 1.88 bits per heavy atom. The summed E-state index contributed by atoms with van der Waals surface area (Å²) in [4.78, 5) is 1.42. The second-order valence-corrected chi connectivity index (χ2v) is 14.7. The molecule has 0 amide bonds. The number of anilines is 3. The minimum absolute atomic E-state index is 0.115. The van der Waals surface area contributed by atoms with Crippen molar-refractivity contribution in [2.24, 2.45) is 0 Å². The van der Waals surface area contributed by atoms with Crippen LogP contribution >= 0.6 is 0 Å². The van der Waals surface area contributed by atoms with Crippen molar-refractivity contribution >= 4 is 27.8 Å². The van der Waals surface area contributed by atoms with Gasteiger partial charge >= 0.3 is 0 Å². The number of rotatable bonds is 7. The molecule has 0 spiro atoms. The summed E-state index contributed by atoms with van der Waals surface area (Å²) < 4.78 is 76.0. The average molecular weight is 724 g/mol. The van der Waals surface area contributed by atoms with E-state index in [0.29, 0.717) is 16.8 Å². The zero-order chi connectivity index (χ0) is 44.6. The number of nitrogens with zero attached hydrogens (tertiary/aromatic N) is 1. The lowest BCUT2D eigenvalue weighted by Gasteiger charge is -2.27. The first-order chi connectivity index (χ1) is 30.9. The molecule has 1 aliphatic carbocycles. The van der Waals surface area contributed by atoms with Crippen LogP contribution in [-0.2, 0) is 5.41 Å². The molecule has 10 rings (SSSR count). The van der Waals surface area contributed by atoms with Crippen LogP contribution in [0.2, 0.25) is 0 Å². The summed E-state index contributed by atoms with van der Waals surface area (Å²) in [6.07, 6.45) is 0. The van der Waals surface area contributed by atoms with E-state index in [0.717, 1.165) is 33.0 Å². The van der Waals surface area contributed by atoms with E-state index in [1.54, 1.807) is 12.1 Å². The normalized spacial score (nSPS) is 14.6. The highest BCUT2D eigenvalue weighted by molar-refractivity contribution is 5.97. The molecule has 9 aromatic rings. The summed E-state index contributed by atoms with van der Waals surface area (Å²) in [6, 6.07) is 49.8. The molecule has 0 unspecified atom stereocenters. The van der Waals surface area contributed by atoms with Crippen molar-refractivity contribution in [3.63, 3.8) is 0 Å². The van der Waals surface area contributed by atoms with Gasteiger partial charge in [0.15, 0.2) is 0 Å². The summed E-state index contributed by atoms with van der Waals surface area (Å²) in [7, 11) is 0. The van der Waals surface area contributed by atoms with Gasteiger partial charge in [-0.2, -0.15) is 0 Å². The summed E-state index contributed by atoms with van der Waals surface area (Å²) in [5, 5.41) is 1.64. The molecule has 9 aromatic carbocycles. The van der Waals surface area contributed by atoms with Crippen molar-refractivity contribution in [3.05, 3.63) is 223 Å². The first-order valence-corrected chi connectivity index (χ1v) is 18.9. The lowest BCUT2D eigenvalue weighted by atomic mass is 9.79. The van der Waals surface area contributed by atoms with Gasteiger partial charge in [0.05, 0.1) is 11.0 Å². The first kappa shape index (κ1) is 26.0. The predicted octanol–water partition coefficient (Wildman–Crippen LogP) is 15.3. The average Bonchev–Trinajstić information content (AvgIpc) is 3.56. The topological polar surface area (TPSA) is 3.24 Å². The fourth-order valence-electron chi connectivity index (χ4n) is 8.32. The Bertz CT molecular complexity index is 3310. The van der Waals surface area contributed by atoms with E-state index in [-0.39, 0.29) is 64.2 Å². The van der Waals surface area contributed by atoms with Crippen molar-refractivity contribution < 1.29 is 11.0 Å². The van der Waals surface area contributed by atoms with E-state index in [1.807, 2.05) is 109 Å². The lowest BCUT2D eigenvalue weighted by Crippen LogP contribution is -2.16. The number of fused-ring (bicyclic) bond motifs is 4. The SMILES string of the molecule is [2H]c1c([2H])c(-c2cccc3ccccc23)c([2H])c(N(c2ccc(-c3cccc4c3C(C)(C)c3ccccc3-4)cc2)c2c([2H])c([2H])c(-c3cccc(-c4ccccc4)c3)c([2H])c2[2H])c1[2H]. The Morgan fingerprint density at radius 1 is 0.411 bits per heavy atom. The van der Waals surface area contributed by atoms with Crippen molar-refractivity contribution in [1.82, 2.24) is 0 Å². The number of hydrogen-bond acceptors (Lipinski definition) is 1. The molecule has 0 atom stereocenters. The summed E-state index contributed by atoms with van der Waals surface area (Å²) >= 11 is 0. The second kappa shape index (κ2) is 13.7. The van der Waals surface area contributed by atoms with Crippen LogP contribution in [0.25, 0.3) is 66.4 Å². The van der Waals surface area contributed by atoms with Gasteiger partial charge in [0.1, 0.15) is 0 Å². The maximum absolute atomic E-state index is 9.88. The Morgan fingerprint density at radius 2 is 1.04 bits per heavy atom. The highest BCUT2D eigenvalue weighted by Crippen LogP contribution is 2.52. The minimum Gasteiger partial charge on any atom is -0.310 e. The molecule has 0 saturated carbocycles. The van der Waals surface area contributed by atoms with E-state index in [9.17, 15) is 11.0 Å². The summed E-state index contributed by atoms with van der Waals surface area (Å²) in [5.41, 5.74) is 9.60. The van der Waals surface area contributed by atoms with Crippen LogP contribution in [0.4, 0.5) is 17.1 Å². The van der Waals surface area contributed by atoms with Crippen LogP contribution in [0.1, 0.15) is 35.9 Å². The molecule has 0 aliphatic heterocycles. The van der Waals surface area contributed by atoms with Gasteiger partial charge in [-0.3, -0.25) is 0 Å². The van der Waals surface area contributed by atoms with E-state index in [2.05, 4.69) is 56.3 Å². The Balaban J connectivity index is 1.20. The molecule has 0 saturated heterocycles. The van der Waals surface area contributed by atoms with E-state index in [1.165, 1.54) is 27.2 Å². The molecule has 1 aliphatic rings. The zero-order valence-corrected chi connectivity index (χ0v) is 31.0. The Labute approximate surface area is 341 Å². The van der Waals surface area contributed by atoms with Gasteiger partial charge in [-0.25, -0.2) is 0 Å². The third kappa shape index (κ3) is 5.81. The second-order valence-electron chi connectivity index (χ2n) is 14.7. The third-order valence-electron chi connectivity index (χ3n) is 11.0. The number of benzene rings is 9. The third-order valence-corrected chi connectivity index (χ3v) is 11.0. The summed E-state index contributed by atoms with van der Waals surface area (Å²) in [6.45, 7) is 4.46. The van der Waals surface area contributed by atoms with Crippen molar-refractivity contribution in [3.8, 4) is 55.6 Å². The van der Waals surface area contributed by atoms with E-state index < -0.39 is 12.1 Å². The van der Waals surface area contributed by atoms with Gasteiger partial charge in [-0.15, -0.1) is 0 Å².